The van der Waals surface area contributed by atoms with Gasteiger partial charge in [0.05, 0.1) is 6.61 Å². The van der Waals surface area contributed by atoms with Gasteiger partial charge >= 0.3 is 5.97 Å². The van der Waals surface area contributed by atoms with Crippen molar-refractivity contribution in [3.05, 3.63) is 29.8 Å². The number of hydrogen-bond donors (Lipinski definition) is 2. The summed E-state index contributed by atoms with van der Waals surface area (Å²) in [4.78, 5) is 11.3. The first-order chi connectivity index (χ1) is 9.76. The van der Waals surface area contributed by atoms with Gasteiger partial charge in [0.25, 0.3) is 0 Å². The first kappa shape index (κ1) is 17.4. The molecule has 4 nitrogen and oxygen atoms in total. The third-order valence-corrected chi connectivity index (χ3v) is 3.07. The molecule has 0 aromatic heterocycles. The van der Waals surface area contributed by atoms with Crippen LogP contribution in [-0.2, 0) is 4.79 Å². The van der Waals surface area contributed by atoms with E-state index in [2.05, 4.69) is 5.32 Å². The van der Waals surface area contributed by atoms with E-state index in [9.17, 15) is 18.7 Å². The summed E-state index contributed by atoms with van der Waals surface area (Å²) < 4.78 is 31.8. The topological polar surface area (TPSA) is 58.6 Å². The van der Waals surface area contributed by atoms with E-state index in [1.54, 1.807) is 6.92 Å². The van der Waals surface area contributed by atoms with Gasteiger partial charge in [0, 0.05) is 6.04 Å². The van der Waals surface area contributed by atoms with Crippen molar-refractivity contribution < 1.29 is 23.4 Å². The van der Waals surface area contributed by atoms with Crippen molar-refractivity contribution in [3.63, 3.8) is 0 Å². The smallest absolute Gasteiger partial charge is 0.323 e. The Morgan fingerprint density at radius 1 is 1.38 bits per heavy atom. The molecule has 21 heavy (non-hydrogen) atoms. The molecule has 0 fully saturated rings. The summed E-state index contributed by atoms with van der Waals surface area (Å²) in [6.07, 6.45) is 0.646. The number of carboxylic acid groups (broad SMARTS) is 1. The lowest BCUT2D eigenvalue weighted by Gasteiger charge is -2.28. The zero-order chi connectivity index (χ0) is 16.0. The third kappa shape index (κ3) is 4.97. The van der Waals surface area contributed by atoms with Crippen LogP contribution >= 0.6 is 0 Å². The van der Waals surface area contributed by atoms with Gasteiger partial charge in [-0.15, -0.1) is 0 Å². The molecule has 1 aromatic carbocycles. The average Bonchev–Trinajstić information content (AvgIpc) is 2.36. The number of halogens is 2. The maximum atomic E-state index is 13.3. The number of ether oxygens (including phenoxy) is 1. The second-order valence-electron chi connectivity index (χ2n) is 5.44. The molecule has 0 heterocycles. The number of para-hydroxylation sites is 1. The summed E-state index contributed by atoms with van der Waals surface area (Å²) in [7, 11) is 0. The fourth-order valence-corrected chi connectivity index (χ4v) is 2.10. The highest BCUT2D eigenvalue weighted by atomic mass is 19.1. The van der Waals surface area contributed by atoms with E-state index >= 15 is 0 Å². The normalized spacial score (nSPS) is 14.0. The Labute approximate surface area is 123 Å². The summed E-state index contributed by atoms with van der Waals surface area (Å²) in [6.45, 7) is 5.33. The number of aliphatic carboxylic acids is 1. The molecule has 0 aliphatic heterocycles. The molecule has 0 amide bonds. The number of hydrogen-bond acceptors (Lipinski definition) is 3. The third-order valence-electron chi connectivity index (χ3n) is 3.07. The summed E-state index contributed by atoms with van der Waals surface area (Å²) in [6, 6.07) is 3.49. The van der Waals surface area contributed by atoms with Gasteiger partial charge in [-0.1, -0.05) is 6.07 Å². The highest BCUT2D eigenvalue weighted by Crippen LogP contribution is 2.22. The van der Waals surface area contributed by atoms with Gasteiger partial charge in [-0.3, -0.25) is 10.1 Å². The predicted molar refractivity (Wildman–Crippen MR) is 75.4 cm³/mol. The first-order valence-electron chi connectivity index (χ1n) is 6.84. The molecule has 1 unspecified atom stereocenters. The quantitative estimate of drug-likeness (QED) is 0.725. The standard InChI is InChI=1S/C15H21F2NO3/c1-10(2)18-15(3,14(19)20)8-5-9-21-13-11(16)6-4-7-12(13)17/h4,6-7,10,18H,5,8-9H2,1-3H3,(H,19,20). The van der Waals surface area contributed by atoms with E-state index in [0.717, 1.165) is 12.1 Å². The highest BCUT2D eigenvalue weighted by Gasteiger charge is 2.32. The summed E-state index contributed by atoms with van der Waals surface area (Å²) in [5.74, 6) is -2.92. The molecule has 0 saturated heterocycles. The molecule has 0 saturated carbocycles. The minimum Gasteiger partial charge on any atom is -0.488 e. The van der Waals surface area contributed by atoms with Crippen LogP contribution in [0.1, 0.15) is 33.6 Å². The van der Waals surface area contributed by atoms with E-state index in [-0.39, 0.29) is 19.1 Å². The largest absolute Gasteiger partial charge is 0.488 e. The summed E-state index contributed by atoms with van der Waals surface area (Å²) in [5, 5.41) is 12.2. The lowest BCUT2D eigenvalue weighted by atomic mass is 9.95. The van der Waals surface area contributed by atoms with Crippen LogP contribution < -0.4 is 10.1 Å². The van der Waals surface area contributed by atoms with Crippen molar-refractivity contribution in [2.45, 2.75) is 45.2 Å². The molecule has 0 radical (unpaired) electrons. The Balaban J connectivity index is 2.54. The maximum absolute atomic E-state index is 13.3. The zero-order valence-electron chi connectivity index (χ0n) is 12.5. The van der Waals surface area contributed by atoms with E-state index < -0.39 is 28.9 Å². The van der Waals surface area contributed by atoms with Gasteiger partial charge in [0.15, 0.2) is 17.4 Å². The second kappa shape index (κ2) is 7.36. The Morgan fingerprint density at radius 3 is 2.43 bits per heavy atom. The molecule has 1 rings (SSSR count). The first-order valence-corrected chi connectivity index (χ1v) is 6.84. The number of carboxylic acids is 1. The van der Waals surface area contributed by atoms with E-state index in [4.69, 9.17) is 4.74 Å². The van der Waals surface area contributed by atoms with Crippen molar-refractivity contribution in [1.29, 1.82) is 0 Å². The predicted octanol–water partition coefficient (Wildman–Crippen LogP) is 2.97. The van der Waals surface area contributed by atoms with Crippen molar-refractivity contribution in [1.82, 2.24) is 5.32 Å². The van der Waals surface area contributed by atoms with Gasteiger partial charge in [-0.2, -0.15) is 0 Å². The Hall–Kier alpha value is -1.69. The molecule has 0 bridgehead atoms. The lowest BCUT2D eigenvalue weighted by Crippen LogP contribution is -2.52. The van der Waals surface area contributed by atoms with E-state index in [1.165, 1.54) is 6.07 Å². The van der Waals surface area contributed by atoms with Crippen molar-refractivity contribution in [2.24, 2.45) is 0 Å². The molecule has 0 aliphatic carbocycles. The molecule has 2 N–H and O–H groups in total. The second-order valence-corrected chi connectivity index (χ2v) is 5.44. The van der Waals surface area contributed by atoms with Crippen molar-refractivity contribution in [2.75, 3.05) is 6.61 Å². The fourth-order valence-electron chi connectivity index (χ4n) is 2.10. The lowest BCUT2D eigenvalue weighted by molar-refractivity contribution is -0.144. The molecule has 1 aromatic rings. The summed E-state index contributed by atoms with van der Waals surface area (Å²) in [5.41, 5.74) is -1.09. The van der Waals surface area contributed by atoms with Crippen LogP contribution in [-0.4, -0.2) is 29.3 Å². The number of benzene rings is 1. The molecule has 118 valence electrons. The van der Waals surface area contributed by atoms with Crippen LogP contribution in [0.25, 0.3) is 0 Å². The molecular formula is C15H21F2NO3. The van der Waals surface area contributed by atoms with E-state index in [1.807, 2.05) is 13.8 Å². The van der Waals surface area contributed by atoms with Crippen LogP contribution in [0.4, 0.5) is 8.78 Å². The fraction of sp³-hybridized carbons (Fsp3) is 0.533. The minimum absolute atomic E-state index is 0.0102. The monoisotopic (exact) mass is 301 g/mol. The van der Waals surface area contributed by atoms with Gasteiger partial charge < -0.3 is 9.84 Å². The Morgan fingerprint density at radius 2 is 1.95 bits per heavy atom. The zero-order valence-corrected chi connectivity index (χ0v) is 12.5. The average molecular weight is 301 g/mol. The van der Waals surface area contributed by atoms with Gasteiger partial charge in [-0.25, -0.2) is 8.78 Å². The van der Waals surface area contributed by atoms with E-state index in [0.29, 0.717) is 6.42 Å². The van der Waals surface area contributed by atoms with Crippen LogP contribution in [0, 0.1) is 11.6 Å². The van der Waals surface area contributed by atoms with Crippen LogP contribution in [0.2, 0.25) is 0 Å². The number of rotatable bonds is 8. The highest BCUT2D eigenvalue weighted by molar-refractivity contribution is 5.78. The Kier molecular flexibility index (Phi) is 6.08. The van der Waals surface area contributed by atoms with Gasteiger partial charge in [0.2, 0.25) is 0 Å². The van der Waals surface area contributed by atoms with Gasteiger partial charge in [-0.05, 0) is 45.7 Å². The number of nitrogens with one attached hydrogen (secondary N) is 1. The maximum Gasteiger partial charge on any atom is 0.323 e. The molecular weight excluding hydrogens is 280 g/mol. The van der Waals surface area contributed by atoms with Crippen LogP contribution in [0.3, 0.4) is 0 Å². The van der Waals surface area contributed by atoms with Crippen molar-refractivity contribution in [3.8, 4) is 5.75 Å². The van der Waals surface area contributed by atoms with Gasteiger partial charge in [0.1, 0.15) is 5.54 Å². The van der Waals surface area contributed by atoms with Crippen LogP contribution in [0.15, 0.2) is 18.2 Å². The van der Waals surface area contributed by atoms with Crippen molar-refractivity contribution >= 4 is 5.97 Å². The Bertz CT molecular complexity index is 474. The molecule has 1 atom stereocenters. The summed E-state index contributed by atoms with van der Waals surface area (Å²) >= 11 is 0. The van der Waals surface area contributed by atoms with Crippen LogP contribution in [0.5, 0.6) is 5.75 Å². The molecule has 0 spiro atoms. The SMILES string of the molecule is CC(C)NC(C)(CCCOc1c(F)cccc1F)C(=O)O. The molecule has 0 aliphatic rings. The molecule has 6 heteroatoms. The number of carbonyl (C=O) groups is 1. The minimum atomic E-state index is -1.09.